The molecule has 1 aliphatic heterocycles. The maximum absolute atomic E-state index is 12.4. The summed E-state index contributed by atoms with van der Waals surface area (Å²) < 4.78 is 7.65. The van der Waals surface area contributed by atoms with Crippen LogP contribution in [0.3, 0.4) is 0 Å². The van der Waals surface area contributed by atoms with Gasteiger partial charge in [-0.1, -0.05) is 6.92 Å². The largest absolute Gasteiger partial charge is 0.486 e. The van der Waals surface area contributed by atoms with Crippen molar-refractivity contribution in [2.24, 2.45) is 7.05 Å². The third kappa shape index (κ3) is 4.85. The molecule has 0 atom stereocenters. The number of hydrogen-bond donors (Lipinski definition) is 1. The third-order valence-corrected chi connectivity index (χ3v) is 4.87. The highest BCUT2D eigenvalue weighted by atomic mass is 16.5. The van der Waals surface area contributed by atoms with Gasteiger partial charge < -0.3 is 19.5 Å². The van der Waals surface area contributed by atoms with E-state index in [4.69, 9.17) is 4.74 Å². The fraction of sp³-hybridized carbons (Fsp3) is 0.500. The molecule has 2 heterocycles. The van der Waals surface area contributed by atoms with E-state index in [0.717, 1.165) is 44.0 Å². The van der Waals surface area contributed by atoms with Crippen LogP contribution in [-0.2, 0) is 13.7 Å². The Kier molecular flexibility index (Phi) is 6.28. The molecular formula is C20H28N4O2. The molecule has 0 aliphatic carbocycles. The van der Waals surface area contributed by atoms with Gasteiger partial charge >= 0.3 is 0 Å². The summed E-state index contributed by atoms with van der Waals surface area (Å²) in [5.41, 5.74) is 0.672. The molecule has 6 heteroatoms. The van der Waals surface area contributed by atoms with Crippen molar-refractivity contribution >= 4 is 5.91 Å². The van der Waals surface area contributed by atoms with Gasteiger partial charge in [-0.05, 0) is 50.1 Å². The highest BCUT2D eigenvalue weighted by Gasteiger charge is 2.20. The maximum atomic E-state index is 12.4. The third-order valence-electron chi connectivity index (χ3n) is 4.87. The average Bonchev–Trinajstić information content (AvgIpc) is 3.07. The zero-order valence-electron chi connectivity index (χ0n) is 15.6. The molecule has 6 nitrogen and oxygen atoms in total. The van der Waals surface area contributed by atoms with E-state index in [2.05, 4.69) is 22.1 Å². The Morgan fingerprint density at radius 2 is 2.00 bits per heavy atom. The van der Waals surface area contributed by atoms with Crippen LogP contribution in [0.15, 0.2) is 36.7 Å². The van der Waals surface area contributed by atoms with Gasteiger partial charge in [-0.2, -0.15) is 0 Å². The number of piperidine rings is 1. The minimum atomic E-state index is -0.00501. The summed E-state index contributed by atoms with van der Waals surface area (Å²) in [7, 11) is 1.94. The molecule has 140 valence electrons. The van der Waals surface area contributed by atoms with Gasteiger partial charge in [0.1, 0.15) is 18.2 Å². The number of nitrogens with one attached hydrogen (secondary N) is 1. The molecule has 26 heavy (non-hydrogen) atoms. The van der Waals surface area contributed by atoms with E-state index >= 15 is 0 Å². The molecule has 1 fully saturated rings. The number of carbonyl (C=O) groups is 1. The molecule has 1 amide bonds. The Hall–Kier alpha value is -2.34. The van der Waals surface area contributed by atoms with Crippen LogP contribution in [-0.4, -0.2) is 46.0 Å². The van der Waals surface area contributed by atoms with Crippen LogP contribution in [0.25, 0.3) is 0 Å². The van der Waals surface area contributed by atoms with Crippen LogP contribution in [0.5, 0.6) is 5.75 Å². The van der Waals surface area contributed by atoms with Gasteiger partial charge in [0.2, 0.25) is 0 Å². The van der Waals surface area contributed by atoms with Crippen LogP contribution in [0.4, 0.5) is 0 Å². The Bertz CT molecular complexity index is 703. The van der Waals surface area contributed by atoms with Crippen molar-refractivity contribution in [2.75, 3.05) is 19.6 Å². The molecule has 0 spiro atoms. The van der Waals surface area contributed by atoms with Crippen LogP contribution >= 0.6 is 0 Å². The molecule has 0 bridgehead atoms. The molecule has 0 unspecified atom stereocenters. The lowest BCUT2D eigenvalue weighted by Crippen LogP contribution is -2.44. The van der Waals surface area contributed by atoms with Crippen molar-refractivity contribution in [1.29, 1.82) is 0 Å². The molecule has 1 N–H and O–H groups in total. The van der Waals surface area contributed by atoms with Gasteiger partial charge in [-0.3, -0.25) is 4.79 Å². The second-order valence-corrected chi connectivity index (χ2v) is 6.86. The lowest BCUT2D eigenvalue weighted by molar-refractivity contribution is 0.0911. The molecule has 3 rings (SSSR count). The number of carbonyl (C=O) groups excluding carboxylic acids is 1. The number of aryl methyl sites for hydroxylation is 1. The SMILES string of the molecule is CCCN1CCC(NC(=O)c2ccc(OCc3nccn3C)cc2)CC1. The maximum Gasteiger partial charge on any atom is 0.251 e. The molecule has 0 saturated carbocycles. The predicted molar refractivity (Wildman–Crippen MR) is 101 cm³/mol. The van der Waals surface area contributed by atoms with Gasteiger partial charge in [-0.15, -0.1) is 0 Å². The van der Waals surface area contributed by atoms with E-state index in [1.54, 1.807) is 6.20 Å². The first kappa shape index (κ1) is 18.5. The zero-order valence-corrected chi connectivity index (χ0v) is 15.6. The Labute approximate surface area is 155 Å². The fourth-order valence-electron chi connectivity index (χ4n) is 3.27. The summed E-state index contributed by atoms with van der Waals surface area (Å²) >= 11 is 0. The zero-order chi connectivity index (χ0) is 18.4. The molecular weight excluding hydrogens is 328 g/mol. The van der Waals surface area contributed by atoms with Crippen molar-refractivity contribution in [2.45, 2.75) is 38.8 Å². The number of hydrogen-bond acceptors (Lipinski definition) is 4. The van der Waals surface area contributed by atoms with E-state index in [0.29, 0.717) is 12.2 Å². The first-order valence-corrected chi connectivity index (χ1v) is 9.38. The van der Waals surface area contributed by atoms with Gasteiger partial charge in [0.25, 0.3) is 5.91 Å². The number of imidazole rings is 1. The molecule has 1 saturated heterocycles. The van der Waals surface area contributed by atoms with Gasteiger partial charge in [0.05, 0.1) is 0 Å². The lowest BCUT2D eigenvalue weighted by atomic mass is 10.0. The van der Waals surface area contributed by atoms with E-state index < -0.39 is 0 Å². The van der Waals surface area contributed by atoms with E-state index in [1.165, 1.54) is 6.42 Å². The Morgan fingerprint density at radius 3 is 2.62 bits per heavy atom. The summed E-state index contributed by atoms with van der Waals surface area (Å²) in [4.78, 5) is 19.1. The van der Waals surface area contributed by atoms with E-state index in [-0.39, 0.29) is 11.9 Å². The average molecular weight is 356 g/mol. The van der Waals surface area contributed by atoms with Crippen molar-refractivity contribution < 1.29 is 9.53 Å². The van der Waals surface area contributed by atoms with Gasteiger partial charge in [0.15, 0.2) is 0 Å². The van der Waals surface area contributed by atoms with Gasteiger partial charge in [0, 0.05) is 44.1 Å². The van der Waals surface area contributed by atoms with Crippen LogP contribution in [0.2, 0.25) is 0 Å². The van der Waals surface area contributed by atoms with E-state index in [9.17, 15) is 4.79 Å². The predicted octanol–water partition coefficient (Wildman–Crippen LogP) is 2.60. The van der Waals surface area contributed by atoms with Crippen LogP contribution in [0.1, 0.15) is 42.4 Å². The highest BCUT2D eigenvalue weighted by Crippen LogP contribution is 2.15. The molecule has 1 aliphatic rings. The first-order valence-electron chi connectivity index (χ1n) is 9.38. The Balaban J connectivity index is 1.47. The van der Waals surface area contributed by atoms with E-state index in [1.807, 2.05) is 42.1 Å². The number of benzene rings is 1. The molecule has 1 aromatic carbocycles. The number of nitrogens with zero attached hydrogens (tertiary/aromatic N) is 3. The number of rotatable bonds is 7. The minimum absolute atomic E-state index is 0.00501. The number of aromatic nitrogens is 2. The lowest BCUT2D eigenvalue weighted by Gasteiger charge is -2.32. The van der Waals surface area contributed by atoms with Crippen LogP contribution in [0, 0.1) is 0 Å². The number of ether oxygens (including phenoxy) is 1. The quantitative estimate of drug-likeness (QED) is 0.828. The first-order chi connectivity index (χ1) is 12.7. The number of likely N-dealkylation sites (tertiary alicyclic amines) is 1. The number of amides is 1. The second kappa shape index (κ2) is 8.85. The highest BCUT2D eigenvalue weighted by molar-refractivity contribution is 5.94. The normalized spacial score (nSPS) is 15.8. The monoisotopic (exact) mass is 356 g/mol. The van der Waals surface area contributed by atoms with Crippen molar-refractivity contribution in [1.82, 2.24) is 19.8 Å². The minimum Gasteiger partial charge on any atom is -0.486 e. The van der Waals surface area contributed by atoms with Crippen molar-refractivity contribution in [3.8, 4) is 5.75 Å². The molecule has 0 radical (unpaired) electrons. The smallest absolute Gasteiger partial charge is 0.251 e. The Morgan fingerprint density at radius 1 is 1.27 bits per heavy atom. The summed E-state index contributed by atoms with van der Waals surface area (Å²) in [6.07, 6.45) is 6.87. The summed E-state index contributed by atoms with van der Waals surface area (Å²) in [5, 5.41) is 3.16. The van der Waals surface area contributed by atoms with Gasteiger partial charge in [-0.25, -0.2) is 4.98 Å². The van der Waals surface area contributed by atoms with Crippen molar-refractivity contribution in [3.63, 3.8) is 0 Å². The second-order valence-electron chi connectivity index (χ2n) is 6.86. The molecule has 2 aromatic rings. The molecule has 1 aromatic heterocycles. The summed E-state index contributed by atoms with van der Waals surface area (Å²) in [6.45, 7) is 5.90. The topological polar surface area (TPSA) is 59.4 Å². The van der Waals surface area contributed by atoms with Crippen LogP contribution < -0.4 is 10.1 Å². The van der Waals surface area contributed by atoms with Crippen molar-refractivity contribution in [3.05, 3.63) is 48.0 Å². The fourth-order valence-corrected chi connectivity index (χ4v) is 3.27. The standard InChI is InChI=1S/C20H28N4O2/c1-3-11-24-12-8-17(9-13-24)22-20(25)16-4-6-18(7-5-16)26-15-19-21-10-14-23(19)2/h4-7,10,14,17H,3,8-9,11-13,15H2,1-2H3,(H,22,25). The summed E-state index contributed by atoms with van der Waals surface area (Å²) in [6, 6.07) is 7.57. The summed E-state index contributed by atoms with van der Waals surface area (Å²) in [5.74, 6) is 1.59.